The van der Waals surface area contributed by atoms with Crippen LogP contribution in [0.4, 0.5) is 5.69 Å². The van der Waals surface area contributed by atoms with Crippen LogP contribution < -0.4 is 5.73 Å². The van der Waals surface area contributed by atoms with Crippen molar-refractivity contribution in [3.8, 4) is 35.8 Å². The Balaban J connectivity index is 2.91. The summed E-state index contributed by atoms with van der Waals surface area (Å²) < 4.78 is 0. The SMILES string of the molecule is C#Cc1ccc(-c2c(C)c(C)c(N)c(C)c2C(C)C#C)c(C)c1CCCC. The number of nitrogen functional groups attached to an aromatic ring is 1. The number of nitrogens with two attached hydrogens (primary N) is 1. The highest BCUT2D eigenvalue weighted by Gasteiger charge is 2.22. The van der Waals surface area contributed by atoms with E-state index < -0.39 is 0 Å². The normalized spacial score (nSPS) is 11.7. The highest BCUT2D eigenvalue weighted by Crippen LogP contribution is 2.42. The molecule has 2 aromatic carbocycles. The fraction of sp³-hybridized carbons (Fsp3) is 0.385. The molecule has 2 aromatic rings. The van der Waals surface area contributed by atoms with Gasteiger partial charge in [0.1, 0.15) is 0 Å². The van der Waals surface area contributed by atoms with Gasteiger partial charge in [0.15, 0.2) is 0 Å². The number of unbranched alkanes of at least 4 members (excludes halogenated alkanes) is 1. The third-order valence-electron chi connectivity index (χ3n) is 5.91. The minimum absolute atomic E-state index is 0.00704. The van der Waals surface area contributed by atoms with Crippen LogP contribution in [0.2, 0.25) is 0 Å². The third kappa shape index (κ3) is 3.61. The number of hydrogen-bond acceptors (Lipinski definition) is 1. The van der Waals surface area contributed by atoms with Crippen LogP contribution in [0.3, 0.4) is 0 Å². The molecule has 0 aliphatic carbocycles. The number of terminal acetylenes is 2. The van der Waals surface area contributed by atoms with Gasteiger partial charge in [-0.1, -0.05) is 31.3 Å². The van der Waals surface area contributed by atoms with E-state index >= 15 is 0 Å². The summed E-state index contributed by atoms with van der Waals surface area (Å²) in [5.74, 6) is 5.77. The molecule has 1 unspecified atom stereocenters. The van der Waals surface area contributed by atoms with Gasteiger partial charge in [0.05, 0.1) is 0 Å². The van der Waals surface area contributed by atoms with Crippen LogP contribution in [-0.4, -0.2) is 0 Å². The molecule has 1 nitrogen and oxygen atoms in total. The summed E-state index contributed by atoms with van der Waals surface area (Å²) in [7, 11) is 0. The van der Waals surface area contributed by atoms with E-state index in [1.54, 1.807) is 0 Å². The first-order chi connectivity index (χ1) is 12.8. The molecule has 0 radical (unpaired) electrons. The maximum Gasteiger partial charge on any atom is 0.0431 e. The van der Waals surface area contributed by atoms with Crippen LogP contribution in [0.1, 0.15) is 71.6 Å². The van der Waals surface area contributed by atoms with Crippen molar-refractivity contribution in [2.24, 2.45) is 0 Å². The molecule has 0 saturated carbocycles. The maximum absolute atomic E-state index is 6.41. The lowest BCUT2D eigenvalue weighted by atomic mass is 9.80. The number of hydrogen-bond donors (Lipinski definition) is 1. The zero-order valence-electron chi connectivity index (χ0n) is 17.6. The summed E-state index contributed by atoms with van der Waals surface area (Å²) in [6.07, 6.45) is 14.9. The quantitative estimate of drug-likeness (QED) is 0.498. The number of benzene rings is 2. The van der Waals surface area contributed by atoms with E-state index in [1.807, 2.05) is 0 Å². The summed E-state index contributed by atoms with van der Waals surface area (Å²) in [5.41, 5.74) is 17.8. The van der Waals surface area contributed by atoms with E-state index in [-0.39, 0.29) is 5.92 Å². The molecule has 0 spiro atoms. The van der Waals surface area contributed by atoms with Crippen LogP contribution in [0.15, 0.2) is 12.1 Å². The van der Waals surface area contributed by atoms with Gasteiger partial charge in [0, 0.05) is 17.2 Å². The summed E-state index contributed by atoms with van der Waals surface area (Å²) in [4.78, 5) is 0. The molecule has 0 aliphatic heterocycles. The average molecular weight is 358 g/mol. The van der Waals surface area contributed by atoms with Crippen molar-refractivity contribution < 1.29 is 0 Å². The van der Waals surface area contributed by atoms with Gasteiger partial charge in [-0.2, -0.15) is 0 Å². The van der Waals surface area contributed by atoms with Crippen molar-refractivity contribution in [1.29, 1.82) is 0 Å². The molecule has 0 aliphatic rings. The van der Waals surface area contributed by atoms with Crippen molar-refractivity contribution in [3.63, 3.8) is 0 Å². The van der Waals surface area contributed by atoms with Crippen molar-refractivity contribution in [1.82, 2.24) is 0 Å². The van der Waals surface area contributed by atoms with E-state index in [1.165, 1.54) is 27.8 Å². The van der Waals surface area contributed by atoms with Gasteiger partial charge >= 0.3 is 0 Å². The smallest absolute Gasteiger partial charge is 0.0431 e. The zero-order valence-corrected chi connectivity index (χ0v) is 17.6. The lowest BCUT2D eigenvalue weighted by Crippen LogP contribution is -2.08. The van der Waals surface area contributed by atoms with E-state index in [2.05, 4.69) is 65.5 Å². The zero-order chi connectivity index (χ0) is 20.3. The van der Waals surface area contributed by atoms with E-state index in [0.29, 0.717) is 0 Å². The monoisotopic (exact) mass is 357 g/mol. The Labute approximate surface area is 165 Å². The summed E-state index contributed by atoms with van der Waals surface area (Å²) in [6, 6.07) is 4.24. The lowest BCUT2D eigenvalue weighted by molar-refractivity contribution is 0.790. The fourth-order valence-corrected chi connectivity index (χ4v) is 4.02. The first-order valence-electron chi connectivity index (χ1n) is 9.74. The predicted molar refractivity (Wildman–Crippen MR) is 119 cm³/mol. The largest absolute Gasteiger partial charge is 0.398 e. The standard InChI is InChI=1S/C26H31N/c1-9-12-13-22-19(7)23(15-14-21(22)11-3)25-17(5)18(6)26(27)20(8)24(25)16(4)10-2/h2-3,14-16H,9,12-13,27H2,1,4-8H3. The molecule has 2 rings (SSSR count). The molecular weight excluding hydrogens is 326 g/mol. The molecule has 140 valence electrons. The molecule has 0 saturated heterocycles. The topological polar surface area (TPSA) is 26.0 Å². The Hall–Kier alpha value is -2.64. The third-order valence-corrected chi connectivity index (χ3v) is 5.91. The van der Waals surface area contributed by atoms with E-state index in [0.717, 1.165) is 47.2 Å². The maximum atomic E-state index is 6.41. The Morgan fingerprint density at radius 2 is 1.67 bits per heavy atom. The second kappa shape index (κ2) is 8.37. The highest BCUT2D eigenvalue weighted by atomic mass is 14.6. The molecule has 1 heteroatoms. The molecule has 0 fully saturated rings. The summed E-state index contributed by atoms with van der Waals surface area (Å²) >= 11 is 0. The van der Waals surface area contributed by atoms with Gasteiger partial charge in [0.25, 0.3) is 0 Å². The van der Waals surface area contributed by atoms with Crippen molar-refractivity contribution in [2.45, 2.75) is 66.7 Å². The molecule has 1 atom stereocenters. The van der Waals surface area contributed by atoms with Crippen LogP contribution in [0.25, 0.3) is 11.1 Å². The molecule has 2 N–H and O–H groups in total. The first-order valence-corrected chi connectivity index (χ1v) is 9.74. The Morgan fingerprint density at radius 3 is 2.22 bits per heavy atom. The molecule has 27 heavy (non-hydrogen) atoms. The minimum Gasteiger partial charge on any atom is -0.398 e. The summed E-state index contributed by atoms with van der Waals surface area (Å²) in [6.45, 7) is 12.8. The van der Waals surface area contributed by atoms with Crippen LogP contribution in [-0.2, 0) is 6.42 Å². The first kappa shape index (κ1) is 20.7. The van der Waals surface area contributed by atoms with Gasteiger partial charge in [-0.3, -0.25) is 0 Å². The number of rotatable bonds is 5. The van der Waals surface area contributed by atoms with E-state index in [4.69, 9.17) is 18.6 Å². The summed E-state index contributed by atoms with van der Waals surface area (Å²) in [5, 5.41) is 0. The fourth-order valence-electron chi connectivity index (χ4n) is 4.02. The Bertz CT molecular complexity index is 948. The van der Waals surface area contributed by atoms with Crippen LogP contribution in [0, 0.1) is 52.4 Å². The second-order valence-corrected chi connectivity index (χ2v) is 7.48. The van der Waals surface area contributed by atoms with Gasteiger partial charge in [-0.15, -0.1) is 12.8 Å². The Morgan fingerprint density at radius 1 is 1.00 bits per heavy atom. The Kier molecular flexibility index (Phi) is 6.41. The lowest BCUT2D eigenvalue weighted by Gasteiger charge is -2.25. The molecule has 0 aromatic heterocycles. The van der Waals surface area contributed by atoms with Gasteiger partial charge in [0.2, 0.25) is 0 Å². The van der Waals surface area contributed by atoms with Gasteiger partial charge < -0.3 is 5.73 Å². The second-order valence-electron chi connectivity index (χ2n) is 7.48. The van der Waals surface area contributed by atoms with Crippen LogP contribution in [0.5, 0.6) is 0 Å². The van der Waals surface area contributed by atoms with Crippen LogP contribution >= 0.6 is 0 Å². The average Bonchev–Trinajstić information content (AvgIpc) is 2.67. The molecule has 0 bridgehead atoms. The predicted octanol–water partition coefficient (Wildman–Crippen LogP) is 6.23. The van der Waals surface area contributed by atoms with Gasteiger partial charge in [-0.05, 0) is 98.0 Å². The van der Waals surface area contributed by atoms with Crippen molar-refractivity contribution in [2.75, 3.05) is 5.73 Å². The highest BCUT2D eigenvalue weighted by molar-refractivity contribution is 5.82. The molecule has 0 heterocycles. The molecular formula is C26H31N. The minimum atomic E-state index is -0.00704. The van der Waals surface area contributed by atoms with Gasteiger partial charge in [-0.25, -0.2) is 0 Å². The van der Waals surface area contributed by atoms with E-state index in [9.17, 15) is 0 Å². The van der Waals surface area contributed by atoms with Crippen molar-refractivity contribution >= 4 is 5.69 Å². The molecule has 0 amide bonds. The number of anilines is 1. The van der Waals surface area contributed by atoms with Crippen molar-refractivity contribution in [3.05, 3.63) is 51.1 Å².